The van der Waals surface area contributed by atoms with Gasteiger partial charge in [0.1, 0.15) is 5.52 Å². The third kappa shape index (κ3) is 6.52. The van der Waals surface area contributed by atoms with Gasteiger partial charge < -0.3 is 19.9 Å². The van der Waals surface area contributed by atoms with Crippen molar-refractivity contribution in [1.29, 1.82) is 5.26 Å². The number of carbonyl (C=O) groups excluding carboxylic acids is 1. The molecular formula is C39H38Cl2F2N6O2. The van der Waals surface area contributed by atoms with Crippen LogP contribution in [0.5, 0.6) is 5.75 Å². The summed E-state index contributed by atoms with van der Waals surface area (Å²) >= 11 is 13.0. The molecule has 2 aromatic carbocycles. The van der Waals surface area contributed by atoms with Crippen LogP contribution in [0.3, 0.4) is 0 Å². The number of fused-ring (bicyclic) bond motifs is 3. The van der Waals surface area contributed by atoms with Gasteiger partial charge in [0.05, 0.1) is 33.7 Å². The zero-order valence-electron chi connectivity index (χ0n) is 28.4. The van der Waals surface area contributed by atoms with E-state index in [2.05, 4.69) is 38.8 Å². The molecule has 0 radical (unpaired) electrons. The molecule has 5 heterocycles. The van der Waals surface area contributed by atoms with Crippen LogP contribution in [-0.4, -0.2) is 49.6 Å². The molecule has 1 amide bonds. The standard InChI is InChI=1S/C34H34Cl2FN5O.C5H4FNO/c1-18-23-17-28(27-9-5-15-41(27)34(43)20-10-11-20)42(26-12-14-39-19(26)2)33(23)24-16-21(6-4-13-38)29(31(37)32(24)40-18)22-7-3-8-25(35)30(22)36;6-5-4(8)2-1-3-7-5/h3,7-8,16-17,19-20,26-27,39H,4-6,9-12,14-15H2,1-2H3;1-3,8H/t19-,26?,27?;/m1./s1. The van der Waals surface area contributed by atoms with Crippen LogP contribution < -0.4 is 5.32 Å². The number of hydrogen-bond donors (Lipinski definition) is 2. The second kappa shape index (κ2) is 14.4. The lowest BCUT2D eigenvalue weighted by molar-refractivity contribution is -0.133. The molecule has 2 saturated heterocycles. The highest BCUT2D eigenvalue weighted by molar-refractivity contribution is 6.43. The minimum absolute atomic E-state index is 0.0183. The number of aryl methyl sites for hydroxylation is 2. The number of benzene rings is 2. The maximum atomic E-state index is 16.9. The number of nitrogens with one attached hydrogen (secondary N) is 1. The summed E-state index contributed by atoms with van der Waals surface area (Å²) in [6.45, 7) is 5.79. The lowest BCUT2D eigenvalue weighted by atomic mass is 9.93. The van der Waals surface area contributed by atoms with Crippen LogP contribution in [0.4, 0.5) is 8.78 Å². The van der Waals surface area contributed by atoms with E-state index in [-0.39, 0.29) is 46.9 Å². The van der Waals surface area contributed by atoms with Gasteiger partial charge >= 0.3 is 0 Å². The van der Waals surface area contributed by atoms with Crippen molar-refractivity contribution >= 4 is 50.9 Å². The smallest absolute Gasteiger partial charge is 0.254 e. The van der Waals surface area contributed by atoms with E-state index in [1.54, 1.807) is 18.2 Å². The molecule has 5 aromatic rings. The number of halogens is 4. The summed E-state index contributed by atoms with van der Waals surface area (Å²) in [6.07, 6.45) is 6.63. The number of aromatic hydroxyl groups is 1. The summed E-state index contributed by atoms with van der Waals surface area (Å²) in [5.41, 5.74) is 4.61. The van der Waals surface area contributed by atoms with Crippen molar-refractivity contribution in [1.82, 2.24) is 24.8 Å². The van der Waals surface area contributed by atoms with E-state index < -0.39 is 17.5 Å². The average molecular weight is 732 g/mol. The Hall–Kier alpha value is -4.30. The lowest BCUT2D eigenvalue weighted by Gasteiger charge is -2.30. The summed E-state index contributed by atoms with van der Waals surface area (Å²) in [5.74, 6) is -1.27. The van der Waals surface area contributed by atoms with Gasteiger partial charge in [-0.25, -0.2) is 14.4 Å². The Bertz CT molecular complexity index is 2180. The lowest BCUT2D eigenvalue weighted by Crippen LogP contribution is -2.34. The maximum absolute atomic E-state index is 16.9. The van der Waals surface area contributed by atoms with E-state index in [9.17, 15) is 14.4 Å². The van der Waals surface area contributed by atoms with Gasteiger partial charge in [-0.1, -0.05) is 35.3 Å². The highest BCUT2D eigenvalue weighted by Crippen LogP contribution is 2.46. The van der Waals surface area contributed by atoms with E-state index in [0.717, 1.165) is 72.9 Å². The highest BCUT2D eigenvalue weighted by Gasteiger charge is 2.41. The van der Waals surface area contributed by atoms with Gasteiger partial charge in [0, 0.05) is 64.4 Å². The Morgan fingerprint density at radius 3 is 2.59 bits per heavy atom. The van der Waals surface area contributed by atoms with Crippen molar-refractivity contribution < 1.29 is 18.7 Å². The van der Waals surface area contributed by atoms with Crippen molar-refractivity contribution in [2.45, 2.75) is 76.9 Å². The highest BCUT2D eigenvalue weighted by atomic mass is 35.5. The van der Waals surface area contributed by atoms with E-state index in [4.69, 9.17) is 33.3 Å². The number of amides is 1. The van der Waals surface area contributed by atoms with Gasteiger partial charge in [0.25, 0.3) is 5.95 Å². The molecule has 3 aromatic heterocycles. The summed E-state index contributed by atoms with van der Waals surface area (Å²) < 4.78 is 31.3. The fourth-order valence-electron chi connectivity index (χ4n) is 7.77. The van der Waals surface area contributed by atoms with E-state index >= 15 is 4.39 Å². The first-order chi connectivity index (χ1) is 24.6. The summed E-state index contributed by atoms with van der Waals surface area (Å²) in [5, 5.41) is 23.9. The summed E-state index contributed by atoms with van der Waals surface area (Å²) in [6, 6.07) is 14.7. The van der Waals surface area contributed by atoms with Crippen molar-refractivity contribution in [3.63, 3.8) is 0 Å². The Labute approximate surface area is 305 Å². The summed E-state index contributed by atoms with van der Waals surface area (Å²) in [7, 11) is 0. The molecule has 3 aliphatic rings. The van der Waals surface area contributed by atoms with Crippen molar-refractivity contribution in [3.05, 3.63) is 87.4 Å². The quantitative estimate of drug-likeness (QED) is 0.169. The number of pyridine rings is 2. The molecule has 2 unspecified atom stereocenters. The van der Waals surface area contributed by atoms with Gasteiger partial charge in [-0.05, 0) is 94.8 Å². The van der Waals surface area contributed by atoms with Gasteiger partial charge in [-0.15, -0.1) is 0 Å². The Morgan fingerprint density at radius 1 is 1.12 bits per heavy atom. The summed E-state index contributed by atoms with van der Waals surface area (Å²) in [4.78, 5) is 23.5. The van der Waals surface area contributed by atoms with Crippen LogP contribution in [0.25, 0.3) is 32.9 Å². The molecule has 1 aliphatic carbocycles. The average Bonchev–Trinajstić information content (AvgIpc) is 3.49. The molecule has 2 aliphatic heterocycles. The number of nitriles is 1. The van der Waals surface area contributed by atoms with Crippen LogP contribution in [0.15, 0.2) is 48.7 Å². The monoisotopic (exact) mass is 730 g/mol. The number of rotatable bonds is 6. The second-order valence-electron chi connectivity index (χ2n) is 13.7. The van der Waals surface area contributed by atoms with Gasteiger partial charge in [-0.2, -0.15) is 9.65 Å². The van der Waals surface area contributed by atoms with Crippen molar-refractivity contribution in [2.75, 3.05) is 13.1 Å². The number of aromatic nitrogens is 3. The minimum Gasteiger partial charge on any atom is -0.504 e. The van der Waals surface area contributed by atoms with Crippen LogP contribution in [0.2, 0.25) is 10.0 Å². The number of nitrogens with zero attached hydrogens (tertiary/aromatic N) is 5. The third-order valence-electron chi connectivity index (χ3n) is 10.4. The molecular weight excluding hydrogens is 693 g/mol. The molecule has 8 nitrogen and oxygen atoms in total. The SMILES string of the molecule is Cc1nc2c(F)c(-c3cccc(Cl)c3Cl)c(CCC#N)cc2c2c1cc(C1CCCN1C(=O)C1CC1)n2C1CCN[C@@H]1C.Oc1cccnc1F. The van der Waals surface area contributed by atoms with E-state index in [0.29, 0.717) is 28.1 Å². The molecule has 0 bridgehead atoms. The van der Waals surface area contributed by atoms with E-state index in [1.165, 1.54) is 18.3 Å². The van der Waals surface area contributed by atoms with Crippen LogP contribution >= 0.6 is 23.2 Å². The molecule has 3 fully saturated rings. The van der Waals surface area contributed by atoms with Crippen molar-refractivity contribution in [3.8, 4) is 22.9 Å². The molecule has 12 heteroatoms. The van der Waals surface area contributed by atoms with Gasteiger partial charge in [-0.3, -0.25) is 4.79 Å². The normalized spacial score (nSPS) is 20.1. The predicted molar refractivity (Wildman–Crippen MR) is 195 cm³/mol. The largest absolute Gasteiger partial charge is 0.504 e. The van der Waals surface area contributed by atoms with Crippen molar-refractivity contribution in [2.24, 2.45) is 5.92 Å². The molecule has 3 atom stereocenters. The fraction of sp³-hybridized carbons (Fsp3) is 0.385. The van der Waals surface area contributed by atoms with E-state index in [1.807, 2.05) is 13.0 Å². The zero-order valence-corrected chi connectivity index (χ0v) is 29.9. The van der Waals surface area contributed by atoms with Crippen LogP contribution in [-0.2, 0) is 11.2 Å². The van der Waals surface area contributed by atoms with Gasteiger partial charge in [0.15, 0.2) is 11.6 Å². The first-order valence-corrected chi connectivity index (χ1v) is 18.2. The molecule has 1 saturated carbocycles. The maximum Gasteiger partial charge on any atom is 0.254 e. The molecule has 2 N–H and O–H groups in total. The molecule has 8 rings (SSSR count). The Morgan fingerprint density at radius 2 is 1.92 bits per heavy atom. The fourth-order valence-corrected chi connectivity index (χ4v) is 8.17. The number of carbonyl (C=O) groups is 1. The molecule has 51 heavy (non-hydrogen) atoms. The first kappa shape index (κ1) is 35.1. The second-order valence-corrected chi connectivity index (χ2v) is 14.4. The minimum atomic E-state index is -0.826. The molecule has 0 spiro atoms. The number of likely N-dealkylation sites (tertiary alicyclic amines) is 1. The topological polar surface area (TPSA) is 107 Å². The Balaban J connectivity index is 0.000000450. The predicted octanol–water partition coefficient (Wildman–Crippen LogP) is 8.99. The zero-order chi connectivity index (χ0) is 36.0. The third-order valence-corrected chi connectivity index (χ3v) is 11.2. The Kier molecular flexibility index (Phi) is 9.90. The van der Waals surface area contributed by atoms with Gasteiger partial charge in [0.2, 0.25) is 5.91 Å². The van der Waals surface area contributed by atoms with Crippen LogP contribution in [0, 0.1) is 35.9 Å². The number of hydrogen-bond acceptors (Lipinski definition) is 6. The molecule has 264 valence electrons. The first-order valence-electron chi connectivity index (χ1n) is 17.4. The van der Waals surface area contributed by atoms with Crippen LogP contribution in [0.1, 0.15) is 74.5 Å².